The van der Waals surface area contributed by atoms with Gasteiger partial charge in [-0.15, -0.1) is 0 Å². The van der Waals surface area contributed by atoms with Crippen molar-refractivity contribution in [2.45, 2.75) is 39.7 Å². The molecule has 0 bridgehead atoms. The van der Waals surface area contributed by atoms with Gasteiger partial charge in [0.25, 0.3) is 0 Å². The Balaban J connectivity index is 1.98. The van der Waals surface area contributed by atoms with Gasteiger partial charge in [0.2, 0.25) is 5.88 Å². The molecule has 0 saturated carbocycles. The highest BCUT2D eigenvalue weighted by Gasteiger charge is 2.23. The van der Waals surface area contributed by atoms with Crippen molar-refractivity contribution in [1.82, 2.24) is 4.98 Å². The summed E-state index contributed by atoms with van der Waals surface area (Å²) >= 11 is 0. The molecule has 5 nitrogen and oxygen atoms in total. The van der Waals surface area contributed by atoms with Gasteiger partial charge in [-0.3, -0.25) is 0 Å². The highest BCUT2D eigenvalue weighted by Crippen LogP contribution is 2.33. The Morgan fingerprint density at radius 1 is 1.03 bits per heavy atom. The van der Waals surface area contributed by atoms with Crippen molar-refractivity contribution >= 4 is 16.5 Å². The van der Waals surface area contributed by atoms with Crippen LogP contribution in [-0.2, 0) is 4.74 Å². The van der Waals surface area contributed by atoms with Gasteiger partial charge in [-0.1, -0.05) is 18.2 Å². The molecular weight excluding hydrogens is 386 g/mol. The van der Waals surface area contributed by atoms with Crippen molar-refractivity contribution in [2.75, 3.05) is 31.7 Å². The quantitative estimate of drug-likeness (QED) is 0.439. The minimum Gasteiger partial charge on any atom is -0.471 e. The third kappa shape index (κ3) is 5.15. The normalized spacial score (nSPS) is 11.4. The molecule has 0 N–H and O–H groups in total. The number of nitrogens with zero attached hydrogens (tertiary/aromatic N) is 3. The first kappa shape index (κ1) is 22.6. The van der Waals surface area contributed by atoms with E-state index in [1.165, 1.54) is 11.1 Å². The predicted octanol–water partition coefficient (Wildman–Crippen LogP) is 5.81. The van der Waals surface area contributed by atoms with Crippen LogP contribution in [0.5, 0.6) is 5.88 Å². The largest absolute Gasteiger partial charge is 0.471 e. The monoisotopic (exact) mass is 417 g/mol. The zero-order valence-corrected chi connectivity index (χ0v) is 19.1. The number of aromatic nitrogens is 1. The lowest BCUT2D eigenvalue weighted by molar-refractivity contribution is 0.0588. The SMILES string of the molecule is CCN(CC)c1ccc2cc(-c3ccnc(OC(C)(C)CCOC)c3C#N)ccc2c1. The summed E-state index contributed by atoms with van der Waals surface area (Å²) in [4.78, 5) is 6.68. The summed E-state index contributed by atoms with van der Waals surface area (Å²) in [5.41, 5.74) is 2.98. The van der Waals surface area contributed by atoms with Gasteiger partial charge in [-0.2, -0.15) is 5.26 Å². The first-order chi connectivity index (χ1) is 14.9. The highest BCUT2D eigenvalue weighted by atomic mass is 16.5. The predicted molar refractivity (Wildman–Crippen MR) is 127 cm³/mol. The van der Waals surface area contributed by atoms with Crippen LogP contribution < -0.4 is 9.64 Å². The van der Waals surface area contributed by atoms with Crippen LogP contribution in [0.2, 0.25) is 0 Å². The molecule has 5 heteroatoms. The van der Waals surface area contributed by atoms with Crippen LogP contribution in [0.3, 0.4) is 0 Å². The van der Waals surface area contributed by atoms with E-state index in [2.05, 4.69) is 66.2 Å². The van der Waals surface area contributed by atoms with Crippen LogP contribution >= 0.6 is 0 Å². The smallest absolute Gasteiger partial charge is 0.232 e. The molecule has 162 valence electrons. The second-order valence-electron chi connectivity index (χ2n) is 8.17. The van der Waals surface area contributed by atoms with E-state index in [-0.39, 0.29) is 0 Å². The van der Waals surface area contributed by atoms with E-state index in [0.29, 0.717) is 24.5 Å². The topological polar surface area (TPSA) is 58.4 Å². The third-order valence-electron chi connectivity index (χ3n) is 5.57. The van der Waals surface area contributed by atoms with Crippen LogP contribution in [-0.4, -0.2) is 37.4 Å². The summed E-state index contributed by atoms with van der Waals surface area (Å²) in [6.07, 6.45) is 2.40. The van der Waals surface area contributed by atoms with E-state index in [9.17, 15) is 5.26 Å². The number of hydrogen-bond acceptors (Lipinski definition) is 5. The molecule has 1 heterocycles. The fourth-order valence-corrected chi connectivity index (χ4v) is 3.72. The van der Waals surface area contributed by atoms with Gasteiger partial charge in [0.05, 0.1) is 0 Å². The molecule has 0 atom stereocenters. The fraction of sp³-hybridized carbons (Fsp3) is 0.385. The molecular formula is C26H31N3O2. The first-order valence-electron chi connectivity index (χ1n) is 10.8. The number of pyridine rings is 1. The summed E-state index contributed by atoms with van der Waals surface area (Å²) in [6.45, 7) is 10.8. The van der Waals surface area contributed by atoms with E-state index < -0.39 is 5.60 Å². The Hall–Kier alpha value is -3.10. The average Bonchev–Trinajstić information content (AvgIpc) is 2.77. The number of fused-ring (bicyclic) bond motifs is 1. The average molecular weight is 418 g/mol. The number of rotatable bonds is 9. The number of anilines is 1. The molecule has 3 rings (SSSR count). The van der Waals surface area contributed by atoms with Gasteiger partial charge in [0.15, 0.2) is 0 Å². The zero-order chi connectivity index (χ0) is 22.4. The van der Waals surface area contributed by atoms with Crippen molar-refractivity contribution in [3.8, 4) is 23.1 Å². The minimum atomic E-state index is -0.489. The van der Waals surface area contributed by atoms with Crippen LogP contribution in [0.15, 0.2) is 48.7 Å². The lowest BCUT2D eigenvalue weighted by Gasteiger charge is -2.26. The Bertz CT molecular complexity index is 1080. The van der Waals surface area contributed by atoms with E-state index in [1.54, 1.807) is 13.3 Å². The second kappa shape index (κ2) is 9.80. The number of methoxy groups -OCH3 is 1. The molecule has 2 aromatic carbocycles. The molecule has 1 aromatic heterocycles. The maximum Gasteiger partial charge on any atom is 0.232 e. The van der Waals surface area contributed by atoms with E-state index in [4.69, 9.17) is 9.47 Å². The number of hydrogen-bond donors (Lipinski definition) is 0. The van der Waals surface area contributed by atoms with E-state index >= 15 is 0 Å². The molecule has 0 unspecified atom stereocenters. The summed E-state index contributed by atoms with van der Waals surface area (Å²) in [5, 5.41) is 12.2. The molecule has 0 radical (unpaired) electrons. The zero-order valence-electron chi connectivity index (χ0n) is 19.1. The first-order valence-corrected chi connectivity index (χ1v) is 10.8. The summed E-state index contributed by atoms with van der Waals surface area (Å²) in [7, 11) is 1.67. The molecule has 0 saturated heterocycles. The molecule has 0 spiro atoms. The van der Waals surface area contributed by atoms with E-state index in [1.807, 2.05) is 19.9 Å². The van der Waals surface area contributed by atoms with Gasteiger partial charge < -0.3 is 14.4 Å². The molecule has 3 aromatic rings. The summed E-state index contributed by atoms with van der Waals surface area (Å²) in [5.74, 6) is 0.359. The molecule has 0 aliphatic heterocycles. The molecule has 0 aliphatic rings. The number of nitriles is 1. The van der Waals surface area contributed by atoms with Crippen LogP contribution in [0, 0.1) is 11.3 Å². The Morgan fingerprint density at radius 3 is 2.42 bits per heavy atom. The fourth-order valence-electron chi connectivity index (χ4n) is 3.72. The van der Waals surface area contributed by atoms with Gasteiger partial charge >= 0.3 is 0 Å². The number of ether oxygens (including phenoxy) is 2. The lowest BCUT2D eigenvalue weighted by atomic mass is 9.98. The summed E-state index contributed by atoms with van der Waals surface area (Å²) < 4.78 is 11.3. The van der Waals surface area contributed by atoms with Crippen LogP contribution in [0.1, 0.15) is 39.7 Å². The van der Waals surface area contributed by atoms with Gasteiger partial charge in [0, 0.05) is 50.7 Å². The van der Waals surface area contributed by atoms with E-state index in [0.717, 1.165) is 29.6 Å². The van der Waals surface area contributed by atoms with Gasteiger partial charge in [-0.25, -0.2) is 4.98 Å². The highest BCUT2D eigenvalue weighted by molar-refractivity contribution is 5.90. The minimum absolute atomic E-state index is 0.359. The maximum atomic E-state index is 9.90. The molecule has 0 amide bonds. The Labute approximate surface area is 185 Å². The third-order valence-corrected chi connectivity index (χ3v) is 5.57. The lowest BCUT2D eigenvalue weighted by Crippen LogP contribution is -2.30. The standard InChI is InChI=1S/C26H31N3O2/c1-6-29(7-2)22-11-10-19-16-21(9-8-20(19)17-22)23-12-14-28-25(24(23)18-27)31-26(3,4)13-15-30-5/h8-12,14,16-17H,6-7,13,15H2,1-5H3. The molecule has 31 heavy (non-hydrogen) atoms. The Morgan fingerprint density at radius 2 is 1.74 bits per heavy atom. The molecule has 0 aliphatic carbocycles. The van der Waals surface area contributed by atoms with Crippen LogP contribution in [0.4, 0.5) is 5.69 Å². The van der Waals surface area contributed by atoms with Crippen molar-refractivity contribution in [3.05, 3.63) is 54.2 Å². The maximum absolute atomic E-state index is 9.90. The molecule has 0 fully saturated rings. The summed E-state index contributed by atoms with van der Waals surface area (Å²) in [6, 6.07) is 17.0. The van der Waals surface area contributed by atoms with Gasteiger partial charge in [0.1, 0.15) is 17.2 Å². The second-order valence-corrected chi connectivity index (χ2v) is 8.17. The Kier molecular flexibility index (Phi) is 7.14. The van der Waals surface area contributed by atoms with Crippen LogP contribution in [0.25, 0.3) is 21.9 Å². The number of benzene rings is 2. The van der Waals surface area contributed by atoms with Crippen molar-refractivity contribution < 1.29 is 9.47 Å². The van der Waals surface area contributed by atoms with Crippen molar-refractivity contribution in [1.29, 1.82) is 5.26 Å². The van der Waals surface area contributed by atoms with Gasteiger partial charge in [-0.05, 0) is 68.3 Å². The van der Waals surface area contributed by atoms with Crippen molar-refractivity contribution in [2.24, 2.45) is 0 Å². The van der Waals surface area contributed by atoms with Crippen molar-refractivity contribution in [3.63, 3.8) is 0 Å².